The number of hydrogen-bond acceptors (Lipinski definition) is 1. The molecule has 0 aromatic heterocycles. The maximum Gasteiger partial charge on any atom is 0.133 e. The molecule has 0 aliphatic rings. The number of hydrogen-bond donors (Lipinski definition) is 0. The van der Waals surface area contributed by atoms with E-state index in [1.807, 2.05) is 13.0 Å². The first-order valence-corrected chi connectivity index (χ1v) is 6.88. The van der Waals surface area contributed by atoms with Crippen molar-refractivity contribution in [1.29, 1.82) is 0 Å². The van der Waals surface area contributed by atoms with Crippen LogP contribution in [0.4, 0.5) is 4.39 Å². The Morgan fingerprint density at radius 3 is 2.67 bits per heavy atom. The van der Waals surface area contributed by atoms with Gasteiger partial charge in [-0.3, -0.25) is 0 Å². The van der Waals surface area contributed by atoms with E-state index in [9.17, 15) is 4.39 Å². The molecule has 2 aromatic rings. The molecule has 0 fully saturated rings. The van der Waals surface area contributed by atoms with Gasteiger partial charge in [-0.25, -0.2) is 4.39 Å². The standard InChI is InChI=1S/C14H11BrClFO/c1-9-2-4-12(17)7-14(9)18-13-5-3-11(16)6-10(13)8-15/h2-7H,8H2,1H3. The first-order valence-electron chi connectivity index (χ1n) is 5.38. The van der Waals surface area contributed by atoms with Gasteiger partial charge in [-0.15, -0.1) is 0 Å². The lowest BCUT2D eigenvalue weighted by Gasteiger charge is -2.12. The molecule has 0 aliphatic carbocycles. The number of aryl methyl sites for hydroxylation is 1. The second kappa shape index (κ2) is 5.72. The van der Waals surface area contributed by atoms with E-state index in [-0.39, 0.29) is 5.82 Å². The van der Waals surface area contributed by atoms with E-state index in [2.05, 4.69) is 15.9 Å². The normalized spacial score (nSPS) is 10.4. The van der Waals surface area contributed by atoms with Crippen LogP contribution < -0.4 is 4.74 Å². The van der Waals surface area contributed by atoms with Gasteiger partial charge in [0.05, 0.1) is 0 Å². The van der Waals surface area contributed by atoms with Crippen LogP contribution in [0, 0.1) is 12.7 Å². The highest BCUT2D eigenvalue weighted by molar-refractivity contribution is 9.08. The molecule has 0 atom stereocenters. The van der Waals surface area contributed by atoms with Crippen LogP contribution in [0.5, 0.6) is 11.5 Å². The molecule has 1 nitrogen and oxygen atoms in total. The fourth-order valence-corrected chi connectivity index (χ4v) is 2.19. The van der Waals surface area contributed by atoms with E-state index in [1.165, 1.54) is 12.1 Å². The summed E-state index contributed by atoms with van der Waals surface area (Å²) >= 11 is 9.29. The Hall–Kier alpha value is -1.06. The Morgan fingerprint density at radius 1 is 1.17 bits per heavy atom. The van der Waals surface area contributed by atoms with Crippen molar-refractivity contribution < 1.29 is 9.13 Å². The summed E-state index contributed by atoms with van der Waals surface area (Å²) in [4.78, 5) is 0. The third-order valence-corrected chi connectivity index (χ3v) is 3.38. The minimum absolute atomic E-state index is 0.315. The Bertz CT molecular complexity index is 572. The molecule has 0 saturated carbocycles. The minimum atomic E-state index is -0.315. The van der Waals surface area contributed by atoms with Crippen LogP contribution >= 0.6 is 27.5 Å². The van der Waals surface area contributed by atoms with E-state index >= 15 is 0 Å². The summed E-state index contributed by atoms with van der Waals surface area (Å²) in [7, 11) is 0. The Morgan fingerprint density at radius 2 is 1.94 bits per heavy atom. The highest BCUT2D eigenvalue weighted by Gasteiger charge is 2.08. The first-order chi connectivity index (χ1) is 8.60. The lowest BCUT2D eigenvalue weighted by Crippen LogP contribution is -1.92. The van der Waals surface area contributed by atoms with Crippen molar-refractivity contribution in [1.82, 2.24) is 0 Å². The van der Waals surface area contributed by atoms with Crippen molar-refractivity contribution in [3.05, 3.63) is 58.4 Å². The van der Waals surface area contributed by atoms with Crippen LogP contribution in [0.1, 0.15) is 11.1 Å². The maximum absolute atomic E-state index is 13.2. The molecular weight excluding hydrogens is 319 g/mol. The SMILES string of the molecule is Cc1ccc(F)cc1Oc1ccc(Cl)cc1CBr. The quantitative estimate of drug-likeness (QED) is 0.678. The highest BCUT2D eigenvalue weighted by atomic mass is 79.9. The summed E-state index contributed by atoms with van der Waals surface area (Å²) in [6, 6.07) is 9.83. The summed E-state index contributed by atoms with van der Waals surface area (Å²) in [5.41, 5.74) is 1.80. The predicted octanol–water partition coefficient (Wildman–Crippen LogP) is 5.47. The number of alkyl halides is 1. The highest BCUT2D eigenvalue weighted by Crippen LogP contribution is 2.31. The van der Waals surface area contributed by atoms with E-state index in [0.717, 1.165) is 11.1 Å². The fraction of sp³-hybridized carbons (Fsp3) is 0.143. The summed E-state index contributed by atoms with van der Waals surface area (Å²) in [6.45, 7) is 1.87. The summed E-state index contributed by atoms with van der Waals surface area (Å²) in [5, 5.41) is 1.27. The zero-order valence-corrected chi connectivity index (χ0v) is 12.1. The largest absolute Gasteiger partial charge is 0.457 e. The van der Waals surface area contributed by atoms with Gasteiger partial charge < -0.3 is 4.74 Å². The van der Waals surface area contributed by atoms with Gasteiger partial charge in [0.25, 0.3) is 0 Å². The molecule has 18 heavy (non-hydrogen) atoms. The van der Waals surface area contributed by atoms with Gasteiger partial charge in [0, 0.05) is 22.0 Å². The van der Waals surface area contributed by atoms with Gasteiger partial charge in [0.1, 0.15) is 17.3 Å². The molecule has 2 aromatic carbocycles. The minimum Gasteiger partial charge on any atom is -0.457 e. The molecule has 4 heteroatoms. The molecule has 0 N–H and O–H groups in total. The van der Waals surface area contributed by atoms with Crippen LogP contribution in [-0.2, 0) is 5.33 Å². The monoisotopic (exact) mass is 328 g/mol. The third kappa shape index (κ3) is 3.03. The van der Waals surface area contributed by atoms with Crippen molar-refractivity contribution in [2.24, 2.45) is 0 Å². The average Bonchev–Trinajstić information content (AvgIpc) is 2.36. The smallest absolute Gasteiger partial charge is 0.133 e. The molecule has 0 spiro atoms. The van der Waals surface area contributed by atoms with E-state index < -0.39 is 0 Å². The van der Waals surface area contributed by atoms with E-state index in [4.69, 9.17) is 16.3 Å². The molecule has 0 saturated heterocycles. The van der Waals surface area contributed by atoms with Crippen LogP contribution in [0.3, 0.4) is 0 Å². The molecule has 0 unspecified atom stereocenters. The van der Waals surface area contributed by atoms with Crippen LogP contribution in [0.25, 0.3) is 0 Å². The summed E-state index contributed by atoms with van der Waals surface area (Å²) in [5.74, 6) is 0.870. The molecule has 0 heterocycles. The molecule has 0 radical (unpaired) electrons. The first kappa shape index (κ1) is 13.4. The zero-order valence-electron chi connectivity index (χ0n) is 9.71. The summed E-state index contributed by atoms with van der Waals surface area (Å²) in [6.07, 6.45) is 0. The Balaban J connectivity index is 2.36. The Labute approximate surface area is 119 Å². The zero-order chi connectivity index (χ0) is 13.1. The lowest BCUT2D eigenvalue weighted by molar-refractivity contribution is 0.469. The van der Waals surface area contributed by atoms with Gasteiger partial charge in [-0.1, -0.05) is 33.6 Å². The van der Waals surface area contributed by atoms with Crippen molar-refractivity contribution in [3.63, 3.8) is 0 Å². The van der Waals surface area contributed by atoms with E-state index in [1.54, 1.807) is 18.2 Å². The van der Waals surface area contributed by atoms with Crippen molar-refractivity contribution >= 4 is 27.5 Å². The predicted molar refractivity (Wildman–Crippen MR) is 75.3 cm³/mol. The van der Waals surface area contributed by atoms with E-state index in [0.29, 0.717) is 21.9 Å². The molecule has 0 bridgehead atoms. The number of benzene rings is 2. The molecular formula is C14H11BrClFO. The van der Waals surface area contributed by atoms with Crippen LogP contribution in [-0.4, -0.2) is 0 Å². The second-order valence-corrected chi connectivity index (χ2v) is 4.89. The van der Waals surface area contributed by atoms with Crippen molar-refractivity contribution in [2.75, 3.05) is 0 Å². The molecule has 0 amide bonds. The van der Waals surface area contributed by atoms with Gasteiger partial charge >= 0.3 is 0 Å². The third-order valence-electron chi connectivity index (χ3n) is 2.54. The van der Waals surface area contributed by atoms with Gasteiger partial charge in [0.15, 0.2) is 0 Å². The Kier molecular flexibility index (Phi) is 4.25. The number of ether oxygens (including phenoxy) is 1. The lowest BCUT2D eigenvalue weighted by atomic mass is 10.2. The van der Waals surface area contributed by atoms with Gasteiger partial charge in [0.2, 0.25) is 0 Å². The van der Waals surface area contributed by atoms with Crippen LogP contribution in [0.15, 0.2) is 36.4 Å². The average molecular weight is 330 g/mol. The number of halogens is 3. The van der Waals surface area contributed by atoms with Crippen molar-refractivity contribution in [3.8, 4) is 11.5 Å². The topological polar surface area (TPSA) is 9.23 Å². The number of rotatable bonds is 3. The molecule has 0 aliphatic heterocycles. The van der Waals surface area contributed by atoms with Gasteiger partial charge in [-0.2, -0.15) is 0 Å². The van der Waals surface area contributed by atoms with Crippen molar-refractivity contribution in [2.45, 2.75) is 12.3 Å². The van der Waals surface area contributed by atoms with Gasteiger partial charge in [-0.05, 0) is 36.8 Å². The second-order valence-electron chi connectivity index (χ2n) is 3.90. The summed E-state index contributed by atoms with van der Waals surface area (Å²) < 4.78 is 18.9. The fourth-order valence-electron chi connectivity index (χ4n) is 1.55. The molecule has 2 rings (SSSR count). The molecule has 94 valence electrons. The van der Waals surface area contributed by atoms with Crippen LogP contribution in [0.2, 0.25) is 5.02 Å². The maximum atomic E-state index is 13.2.